The van der Waals surface area contributed by atoms with Gasteiger partial charge < -0.3 is 20.3 Å². The highest BCUT2D eigenvalue weighted by molar-refractivity contribution is 5.92. The molecule has 0 unspecified atom stereocenters. The number of nitrogen functional groups attached to an aromatic ring is 1. The van der Waals surface area contributed by atoms with Crippen molar-refractivity contribution in [2.45, 2.75) is 37.1 Å². The van der Waals surface area contributed by atoms with Crippen LogP contribution >= 0.6 is 0 Å². The molecular weight excluding hydrogens is 587 g/mol. The summed E-state index contributed by atoms with van der Waals surface area (Å²) in [6.07, 6.45) is -1.51. The molecule has 15 heteroatoms. The lowest BCUT2D eigenvalue weighted by Crippen LogP contribution is -2.53. The van der Waals surface area contributed by atoms with E-state index in [0.717, 1.165) is 31.5 Å². The van der Waals surface area contributed by atoms with Crippen LogP contribution < -0.4 is 15.4 Å². The van der Waals surface area contributed by atoms with E-state index in [4.69, 9.17) is 10.5 Å². The van der Waals surface area contributed by atoms with Crippen molar-refractivity contribution in [1.82, 2.24) is 29.7 Å². The average molecular weight is 619 g/mol. The number of anilines is 2. The van der Waals surface area contributed by atoms with Gasteiger partial charge in [0.15, 0.2) is 5.82 Å². The Labute approximate surface area is 249 Å². The van der Waals surface area contributed by atoms with Crippen LogP contribution in [0.1, 0.15) is 24.8 Å². The molecule has 3 aliphatic heterocycles. The molecule has 0 radical (unpaired) electrons. The normalized spacial score (nSPS) is 22.2. The van der Waals surface area contributed by atoms with Gasteiger partial charge in [0, 0.05) is 51.8 Å². The highest BCUT2D eigenvalue weighted by atomic mass is 19.4. The summed E-state index contributed by atoms with van der Waals surface area (Å²) in [5, 5.41) is 0.141. The Bertz CT molecular complexity index is 1610. The summed E-state index contributed by atoms with van der Waals surface area (Å²) in [6, 6.07) is 1.50. The quantitative estimate of drug-likeness (QED) is 0.297. The molecule has 234 valence electrons. The summed E-state index contributed by atoms with van der Waals surface area (Å²) in [4.78, 5) is 33.9. The first-order valence-corrected chi connectivity index (χ1v) is 14.2. The first kappa shape index (κ1) is 29.9. The molecule has 0 spiro atoms. The van der Waals surface area contributed by atoms with Crippen molar-refractivity contribution in [3.05, 3.63) is 42.4 Å². The lowest BCUT2D eigenvalue weighted by atomic mass is 9.95. The largest absolute Gasteiger partial charge is 0.461 e. The van der Waals surface area contributed by atoms with Crippen LogP contribution in [0.3, 0.4) is 0 Å². The van der Waals surface area contributed by atoms with Gasteiger partial charge in [0.05, 0.1) is 16.5 Å². The maximum Gasteiger partial charge on any atom is 0.418 e. The van der Waals surface area contributed by atoms with Gasteiger partial charge in [-0.25, -0.2) is 13.8 Å². The molecule has 0 saturated carbocycles. The van der Waals surface area contributed by atoms with Crippen LogP contribution in [0.25, 0.3) is 22.3 Å². The number of ether oxygens (including phenoxy) is 1. The van der Waals surface area contributed by atoms with Gasteiger partial charge in [-0.15, -0.1) is 0 Å². The number of alkyl halides is 4. The fourth-order valence-corrected chi connectivity index (χ4v) is 6.54. The van der Waals surface area contributed by atoms with Crippen LogP contribution in [-0.2, 0) is 11.0 Å². The number of hydrogen-bond acceptors (Lipinski definition) is 9. The standard InChI is InChI=1S/C29H31F5N8O2/c1-3-21(43)41-12-16(13-41)11-40(2)26-18-10-36-25(24-19(29(32,33)34)5-6-20(35)37-24)22(31)23(18)38-27(39-26)44-15-28-7-4-8-42(28)14-17(30)9-28/h3,5-6,10,16-17H,1,4,7-9,11-15H2,2H3,(H2,35,37)/t17-,28+/m1/s1. The molecule has 3 aromatic heterocycles. The number of pyridine rings is 2. The molecule has 2 N–H and O–H groups in total. The van der Waals surface area contributed by atoms with Crippen LogP contribution in [0, 0.1) is 11.7 Å². The third-order valence-electron chi connectivity index (χ3n) is 8.66. The zero-order valence-corrected chi connectivity index (χ0v) is 23.9. The van der Waals surface area contributed by atoms with Crippen LogP contribution in [0.15, 0.2) is 31.0 Å². The summed E-state index contributed by atoms with van der Waals surface area (Å²) in [6.45, 7) is 6.01. The molecule has 2 atom stereocenters. The van der Waals surface area contributed by atoms with Gasteiger partial charge in [0.25, 0.3) is 0 Å². The number of rotatable bonds is 8. The minimum Gasteiger partial charge on any atom is -0.461 e. The summed E-state index contributed by atoms with van der Waals surface area (Å²) in [5.41, 5.74) is 2.17. The van der Waals surface area contributed by atoms with Crippen molar-refractivity contribution in [3.63, 3.8) is 0 Å². The van der Waals surface area contributed by atoms with Gasteiger partial charge in [-0.3, -0.25) is 14.7 Å². The molecule has 0 aliphatic carbocycles. The number of carbonyl (C=O) groups is 1. The zero-order valence-electron chi connectivity index (χ0n) is 23.9. The van der Waals surface area contributed by atoms with Crippen molar-refractivity contribution in [2.75, 3.05) is 57.0 Å². The number of likely N-dealkylation sites (tertiary alicyclic amines) is 1. The van der Waals surface area contributed by atoms with Gasteiger partial charge in [0.2, 0.25) is 5.91 Å². The number of hydrogen-bond donors (Lipinski definition) is 1. The molecule has 1 amide bonds. The smallest absolute Gasteiger partial charge is 0.418 e. The minimum absolute atomic E-state index is 0.0673. The Morgan fingerprint density at radius 3 is 2.73 bits per heavy atom. The molecule has 10 nitrogen and oxygen atoms in total. The maximum atomic E-state index is 16.2. The van der Waals surface area contributed by atoms with Gasteiger partial charge in [-0.1, -0.05) is 6.58 Å². The highest BCUT2D eigenvalue weighted by Gasteiger charge is 2.49. The molecule has 3 fully saturated rings. The second-order valence-corrected chi connectivity index (χ2v) is 11.7. The number of amides is 1. The van der Waals surface area contributed by atoms with Crippen molar-refractivity contribution in [3.8, 4) is 17.4 Å². The van der Waals surface area contributed by atoms with Crippen LogP contribution in [0.4, 0.5) is 33.6 Å². The van der Waals surface area contributed by atoms with Crippen LogP contribution in [-0.4, -0.2) is 93.7 Å². The maximum absolute atomic E-state index is 16.2. The predicted octanol–water partition coefficient (Wildman–Crippen LogP) is 3.86. The zero-order chi connectivity index (χ0) is 31.4. The lowest BCUT2D eigenvalue weighted by molar-refractivity contribution is -0.137. The third-order valence-corrected chi connectivity index (χ3v) is 8.66. The summed E-state index contributed by atoms with van der Waals surface area (Å²) in [7, 11) is 1.72. The van der Waals surface area contributed by atoms with E-state index in [9.17, 15) is 22.4 Å². The van der Waals surface area contributed by atoms with E-state index in [1.165, 1.54) is 12.3 Å². The molecular formula is C29H31F5N8O2. The molecule has 0 bridgehead atoms. The number of fused-ring (bicyclic) bond motifs is 2. The Morgan fingerprint density at radius 1 is 1.23 bits per heavy atom. The second-order valence-electron chi connectivity index (χ2n) is 11.7. The Balaban J connectivity index is 1.39. The van der Waals surface area contributed by atoms with E-state index in [0.29, 0.717) is 32.6 Å². The first-order valence-electron chi connectivity index (χ1n) is 14.2. The van der Waals surface area contributed by atoms with Crippen LogP contribution in [0.5, 0.6) is 6.01 Å². The van der Waals surface area contributed by atoms with E-state index in [2.05, 4.69) is 26.5 Å². The number of halogens is 5. The van der Waals surface area contributed by atoms with E-state index in [1.807, 2.05) is 4.90 Å². The summed E-state index contributed by atoms with van der Waals surface area (Å²) < 4.78 is 78.1. The average Bonchev–Trinajstić information content (AvgIpc) is 3.48. The van der Waals surface area contributed by atoms with Crippen molar-refractivity contribution in [2.24, 2.45) is 5.92 Å². The van der Waals surface area contributed by atoms with Crippen molar-refractivity contribution < 1.29 is 31.5 Å². The van der Waals surface area contributed by atoms with E-state index in [1.54, 1.807) is 16.8 Å². The lowest BCUT2D eigenvalue weighted by Gasteiger charge is -2.40. The van der Waals surface area contributed by atoms with E-state index >= 15 is 4.39 Å². The summed E-state index contributed by atoms with van der Waals surface area (Å²) >= 11 is 0. The second kappa shape index (κ2) is 11.1. The van der Waals surface area contributed by atoms with Crippen molar-refractivity contribution >= 4 is 28.4 Å². The van der Waals surface area contributed by atoms with Gasteiger partial charge >= 0.3 is 12.2 Å². The number of aromatic nitrogens is 4. The van der Waals surface area contributed by atoms with Crippen LogP contribution in [0.2, 0.25) is 0 Å². The fraction of sp³-hybridized carbons (Fsp3) is 0.483. The monoisotopic (exact) mass is 618 g/mol. The minimum atomic E-state index is -4.85. The van der Waals surface area contributed by atoms with Gasteiger partial charge in [0.1, 0.15) is 41.3 Å². The van der Waals surface area contributed by atoms with Crippen molar-refractivity contribution in [1.29, 1.82) is 0 Å². The molecule has 44 heavy (non-hydrogen) atoms. The Morgan fingerprint density at radius 2 is 2.00 bits per heavy atom. The molecule has 6 heterocycles. The van der Waals surface area contributed by atoms with Gasteiger partial charge in [-0.05, 0) is 37.6 Å². The first-order chi connectivity index (χ1) is 20.9. The highest BCUT2D eigenvalue weighted by Crippen LogP contribution is 2.41. The fourth-order valence-electron chi connectivity index (χ4n) is 6.54. The predicted molar refractivity (Wildman–Crippen MR) is 152 cm³/mol. The van der Waals surface area contributed by atoms with E-state index in [-0.39, 0.29) is 47.0 Å². The summed E-state index contributed by atoms with van der Waals surface area (Å²) in [5.74, 6) is -1.25. The molecule has 3 aromatic rings. The number of nitrogens with zero attached hydrogens (tertiary/aromatic N) is 7. The Kier molecular flexibility index (Phi) is 7.54. The Hall–Kier alpha value is -4.14. The molecule has 3 aliphatic rings. The SMILES string of the molecule is C=CC(=O)N1CC(CN(C)c2nc(OC[C@@]34CCCN3C[C@H](F)C4)nc3c(F)c(-c4nc(N)ccc4C(F)(F)F)ncc23)C1. The number of carbonyl (C=O) groups excluding carboxylic acids is 1. The topological polar surface area (TPSA) is 114 Å². The van der Waals surface area contributed by atoms with Gasteiger partial charge in [-0.2, -0.15) is 23.1 Å². The molecule has 0 aromatic carbocycles. The van der Waals surface area contributed by atoms with E-state index < -0.39 is 40.7 Å². The molecule has 3 saturated heterocycles. The third kappa shape index (κ3) is 5.37. The number of nitrogens with two attached hydrogens (primary N) is 1. The molecule has 6 rings (SSSR count).